The predicted molar refractivity (Wildman–Crippen MR) is 122 cm³/mol. The number of halogens is 1. The van der Waals surface area contributed by atoms with Crippen molar-refractivity contribution in [1.82, 2.24) is 24.5 Å². The molecule has 0 saturated heterocycles. The van der Waals surface area contributed by atoms with E-state index in [4.69, 9.17) is 20.9 Å². The van der Waals surface area contributed by atoms with Gasteiger partial charge in [-0.1, -0.05) is 28.5 Å². The third kappa shape index (κ3) is 4.58. The monoisotopic (exact) mass is 471 g/mol. The quantitative estimate of drug-likeness (QED) is 0.271. The van der Waals surface area contributed by atoms with Gasteiger partial charge in [0.05, 0.1) is 5.75 Å². The zero-order chi connectivity index (χ0) is 22.8. The molecule has 3 aromatic heterocycles. The van der Waals surface area contributed by atoms with Gasteiger partial charge in [0.15, 0.2) is 22.6 Å². The summed E-state index contributed by atoms with van der Waals surface area (Å²) in [5.41, 5.74) is 2.41. The molecule has 8 nitrogen and oxygen atoms in total. The van der Waals surface area contributed by atoms with E-state index in [1.165, 1.54) is 11.8 Å². The summed E-state index contributed by atoms with van der Waals surface area (Å²) in [7, 11) is 1.85. The van der Waals surface area contributed by atoms with Gasteiger partial charge in [0, 0.05) is 35.1 Å². The van der Waals surface area contributed by atoms with Gasteiger partial charge in [-0.15, -0.1) is 10.2 Å². The molecule has 0 unspecified atom stereocenters. The first-order valence-corrected chi connectivity index (χ1v) is 11.2. The van der Waals surface area contributed by atoms with Gasteiger partial charge in [0.1, 0.15) is 18.1 Å². The number of Topliss-reactive ketones (excluding diaryl/α,β-unsaturated/α-hetero) is 1. The van der Waals surface area contributed by atoms with Crippen LogP contribution in [-0.4, -0.2) is 36.0 Å². The van der Waals surface area contributed by atoms with Crippen molar-refractivity contribution in [1.29, 1.82) is 0 Å². The molecule has 4 aromatic rings. The Kier molecular flexibility index (Phi) is 6.38. The highest BCUT2D eigenvalue weighted by molar-refractivity contribution is 7.99. The second-order valence-corrected chi connectivity index (χ2v) is 8.71. The van der Waals surface area contributed by atoms with Crippen molar-refractivity contribution < 1.29 is 14.1 Å². The summed E-state index contributed by atoms with van der Waals surface area (Å²) in [6, 6.07) is 10.8. The van der Waals surface area contributed by atoms with Crippen LogP contribution in [0.3, 0.4) is 0 Å². The maximum Gasteiger partial charge on any atom is 0.191 e. The molecule has 0 bridgehead atoms. The van der Waals surface area contributed by atoms with Crippen LogP contribution < -0.4 is 4.74 Å². The largest absolute Gasteiger partial charge is 0.486 e. The number of hydrogen-bond acceptors (Lipinski definition) is 7. The van der Waals surface area contributed by atoms with Crippen LogP contribution in [0.25, 0.3) is 5.82 Å². The average Bonchev–Trinajstić information content (AvgIpc) is 3.43. The van der Waals surface area contributed by atoms with Crippen LogP contribution in [-0.2, 0) is 13.7 Å². The summed E-state index contributed by atoms with van der Waals surface area (Å²) in [6.07, 6.45) is 0. The van der Waals surface area contributed by atoms with Crippen molar-refractivity contribution in [3.8, 4) is 11.6 Å². The van der Waals surface area contributed by atoms with Crippen LogP contribution in [0.5, 0.6) is 5.75 Å². The average molecular weight is 472 g/mol. The molecule has 0 aliphatic rings. The number of carbonyl (C=O) groups excluding carboxylic acids is 1. The van der Waals surface area contributed by atoms with Crippen molar-refractivity contribution in [2.45, 2.75) is 32.5 Å². The first-order valence-electron chi connectivity index (χ1n) is 9.88. The Morgan fingerprint density at radius 3 is 2.59 bits per heavy atom. The van der Waals surface area contributed by atoms with Crippen LogP contribution in [0.1, 0.15) is 33.3 Å². The third-order valence-electron chi connectivity index (χ3n) is 5.02. The highest BCUT2D eigenvalue weighted by Crippen LogP contribution is 2.24. The molecule has 32 heavy (non-hydrogen) atoms. The molecule has 0 aliphatic carbocycles. The Balaban J connectivity index is 1.41. The highest BCUT2D eigenvalue weighted by atomic mass is 35.5. The number of ketones is 1. The zero-order valence-electron chi connectivity index (χ0n) is 18.1. The number of aryl methyl sites for hydroxylation is 2. The highest BCUT2D eigenvalue weighted by Gasteiger charge is 2.20. The fourth-order valence-electron chi connectivity index (χ4n) is 3.34. The van der Waals surface area contributed by atoms with Crippen LogP contribution in [0.15, 0.2) is 46.1 Å². The van der Waals surface area contributed by atoms with Crippen molar-refractivity contribution in [2.75, 3.05) is 5.75 Å². The second-order valence-electron chi connectivity index (χ2n) is 7.33. The number of thioether (sulfide) groups is 1. The smallest absolute Gasteiger partial charge is 0.191 e. The molecule has 3 heterocycles. The fraction of sp³-hybridized carbons (Fsp3) is 0.273. The summed E-state index contributed by atoms with van der Waals surface area (Å²) < 4.78 is 14.7. The number of hydrogen-bond donors (Lipinski definition) is 0. The van der Waals surface area contributed by atoms with Crippen molar-refractivity contribution in [3.63, 3.8) is 0 Å². The van der Waals surface area contributed by atoms with Gasteiger partial charge in [0.2, 0.25) is 0 Å². The number of rotatable bonds is 8. The van der Waals surface area contributed by atoms with E-state index in [2.05, 4.69) is 15.4 Å². The minimum absolute atomic E-state index is 0.0107. The normalized spacial score (nSPS) is 11.2. The predicted octanol–water partition coefficient (Wildman–Crippen LogP) is 4.73. The molecule has 0 N–H and O–H groups in total. The van der Waals surface area contributed by atoms with Crippen molar-refractivity contribution in [3.05, 3.63) is 70.0 Å². The summed E-state index contributed by atoms with van der Waals surface area (Å²) >= 11 is 7.23. The Morgan fingerprint density at radius 1 is 1.16 bits per heavy atom. The van der Waals surface area contributed by atoms with Gasteiger partial charge >= 0.3 is 0 Å². The van der Waals surface area contributed by atoms with E-state index in [1.54, 1.807) is 24.3 Å². The number of nitrogens with zero attached hydrogens (tertiary/aromatic N) is 5. The van der Waals surface area contributed by atoms with Gasteiger partial charge in [-0.05, 0) is 51.1 Å². The Bertz CT molecular complexity index is 1260. The lowest BCUT2D eigenvalue weighted by Crippen LogP contribution is -2.07. The first-order chi connectivity index (χ1) is 15.3. The molecule has 0 spiro atoms. The lowest BCUT2D eigenvalue weighted by atomic mass is 10.2. The van der Waals surface area contributed by atoms with Crippen LogP contribution in [0, 0.1) is 20.8 Å². The van der Waals surface area contributed by atoms with Crippen molar-refractivity contribution in [2.24, 2.45) is 7.05 Å². The number of benzene rings is 1. The number of carbonyl (C=O) groups is 1. The van der Waals surface area contributed by atoms with Gasteiger partial charge in [-0.25, -0.2) is 0 Å². The van der Waals surface area contributed by atoms with E-state index in [0.29, 0.717) is 38.9 Å². The first kappa shape index (κ1) is 22.2. The SMILES string of the molecule is Cc1cc(-n2c(C)cc(C(=O)CSc3nnc(COc4ccc(Cl)cc4)n3C)c2C)no1. The lowest BCUT2D eigenvalue weighted by molar-refractivity contribution is 0.102. The molecule has 0 radical (unpaired) electrons. The minimum atomic E-state index is 0.0107. The summed E-state index contributed by atoms with van der Waals surface area (Å²) in [6.45, 7) is 5.95. The van der Waals surface area contributed by atoms with E-state index in [1.807, 2.05) is 49.1 Å². The molecule has 1 aromatic carbocycles. The molecule has 0 fully saturated rings. The second kappa shape index (κ2) is 9.22. The van der Waals surface area contributed by atoms with Gasteiger partial charge in [0.25, 0.3) is 0 Å². The van der Waals surface area contributed by atoms with Crippen LogP contribution >= 0.6 is 23.4 Å². The Hall–Kier alpha value is -3.04. The number of ether oxygens (including phenoxy) is 1. The lowest BCUT2D eigenvalue weighted by Gasteiger charge is -2.07. The van der Waals surface area contributed by atoms with E-state index in [-0.39, 0.29) is 18.1 Å². The summed E-state index contributed by atoms with van der Waals surface area (Å²) in [5.74, 6) is 2.99. The van der Waals surface area contributed by atoms with E-state index >= 15 is 0 Å². The van der Waals surface area contributed by atoms with E-state index in [0.717, 1.165) is 11.4 Å². The summed E-state index contributed by atoms with van der Waals surface area (Å²) in [4.78, 5) is 12.9. The molecular formula is C22H22ClN5O3S. The van der Waals surface area contributed by atoms with Crippen molar-refractivity contribution >= 4 is 29.1 Å². The molecule has 0 saturated carbocycles. The topological polar surface area (TPSA) is 88.0 Å². The molecule has 4 rings (SSSR count). The maximum atomic E-state index is 12.9. The zero-order valence-corrected chi connectivity index (χ0v) is 19.7. The molecule has 166 valence electrons. The third-order valence-corrected chi connectivity index (χ3v) is 6.29. The molecule has 0 aliphatic heterocycles. The summed E-state index contributed by atoms with van der Waals surface area (Å²) in [5, 5.41) is 13.7. The van der Waals surface area contributed by atoms with Crippen LogP contribution in [0.2, 0.25) is 5.02 Å². The van der Waals surface area contributed by atoms with E-state index < -0.39 is 0 Å². The Morgan fingerprint density at radius 2 is 1.91 bits per heavy atom. The minimum Gasteiger partial charge on any atom is -0.486 e. The molecule has 0 amide bonds. The van der Waals surface area contributed by atoms with Gasteiger partial charge < -0.3 is 13.8 Å². The van der Waals surface area contributed by atoms with Gasteiger partial charge in [-0.2, -0.15) is 0 Å². The molecule has 10 heteroatoms. The maximum absolute atomic E-state index is 12.9. The standard InChI is InChI=1S/C22H22ClN5O3S/c1-13-9-18(15(3)28(13)20-10-14(2)31-26-20)19(29)12-32-22-25-24-21(27(22)4)11-30-17-7-5-16(23)6-8-17/h5-10H,11-12H2,1-4H3. The van der Waals surface area contributed by atoms with Crippen LogP contribution in [0.4, 0.5) is 0 Å². The number of aromatic nitrogens is 5. The van der Waals surface area contributed by atoms with E-state index in [9.17, 15) is 4.79 Å². The fourth-order valence-corrected chi connectivity index (χ4v) is 4.28. The molecular weight excluding hydrogens is 450 g/mol. The molecule has 0 atom stereocenters. The Labute approximate surface area is 194 Å². The van der Waals surface area contributed by atoms with Gasteiger partial charge in [-0.3, -0.25) is 9.36 Å².